The fourth-order valence-electron chi connectivity index (χ4n) is 1.74. The predicted octanol–water partition coefficient (Wildman–Crippen LogP) is 3.81. The lowest BCUT2D eigenvalue weighted by Crippen LogP contribution is -1.99. The molecule has 0 bridgehead atoms. The molecular formula is C14H17ClN2O. The van der Waals surface area contributed by atoms with Gasteiger partial charge < -0.3 is 4.74 Å². The molecule has 3 nitrogen and oxygen atoms in total. The lowest BCUT2D eigenvalue weighted by atomic mass is 10.2. The fourth-order valence-corrected chi connectivity index (χ4v) is 1.93. The topological polar surface area (TPSA) is 35.0 Å². The van der Waals surface area contributed by atoms with Gasteiger partial charge in [-0.3, -0.25) is 0 Å². The molecule has 0 N–H and O–H groups in total. The Bertz CT molecular complexity index is 490. The summed E-state index contributed by atoms with van der Waals surface area (Å²) < 4.78 is 5.61. The first-order valence-corrected chi connectivity index (χ1v) is 6.84. The van der Waals surface area contributed by atoms with Gasteiger partial charge in [-0.05, 0) is 31.0 Å². The van der Waals surface area contributed by atoms with E-state index in [2.05, 4.69) is 9.97 Å². The minimum Gasteiger partial charge on any atom is -0.478 e. The molecule has 0 radical (unpaired) electrons. The van der Waals surface area contributed by atoms with E-state index in [1.165, 1.54) is 6.42 Å². The van der Waals surface area contributed by atoms with Crippen LogP contribution in [0.2, 0.25) is 0 Å². The van der Waals surface area contributed by atoms with Crippen molar-refractivity contribution in [2.24, 2.45) is 0 Å². The summed E-state index contributed by atoms with van der Waals surface area (Å²) in [6, 6.07) is 7.77. The predicted molar refractivity (Wildman–Crippen MR) is 74.2 cm³/mol. The Kier molecular flexibility index (Phi) is 5.21. The Morgan fingerprint density at radius 3 is 2.83 bits per heavy atom. The van der Waals surface area contributed by atoms with E-state index in [0.717, 1.165) is 36.2 Å². The second-order valence-corrected chi connectivity index (χ2v) is 4.53. The SMILES string of the molecule is ClCCCCCCOc1ccc2cccnc2n1. The number of unbranched alkanes of at least 4 members (excludes halogenated alkanes) is 3. The van der Waals surface area contributed by atoms with Crippen LogP contribution >= 0.6 is 11.6 Å². The molecule has 2 rings (SSSR count). The van der Waals surface area contributed by atoms with Crippen LogP contribution in [0.3, 0.4) is 0 Å². The summed E-state index contributed by atoms with van der Waals surface area (Å²) in [7, 11) is 0. The maximum atomic E-state index is 5.62. The molecular weight excluding hydrogens is 248 g/mol. The van der Waals surface area contributed by atoms with Crippen molar-refractivity contribution in [2.75, 3.05) is 12.5 Å². The van der Waals surface area contributed by atoms with Crippen LogP contribution in [-0.2, 0) is 0 Å². The van der Waals surface area contributed by atoms with Crippen molar-refractivity contribution in [2.45, 2.75) is 25.7 Å². The molecule has 2 aromatic rings. The van der Waals surface area contributed by atoms with Crippen LogP contribution in [0.5, 0.6) is 5.88 Å². The first-order valence-electron chi connectivity index (χ1n) is 6.31. The molecule has 2 aromatic heterocycles. The summed E-state index contributed by atoms with van der Waals surface area (Å²) in [4.78, 5) is 8.56. The smallest absolute Gasteiger partial charge is 0.215 e. The first kappa shape index (κ1) is 13.1. The van der Waals surface area contributed by atoms with Crippen molar-refractivity contribution in [1.29, 1.82) is 0 Å². The van der Waals surface area contributed by atoms with Crippen molar-refractivity contribution >= 4 is 22.6 Å². The van der Waals surface area contributed by atoms with E-state index in [4.69, 9.17) is 16.3 Å². The summed E-state index contributed by atoms with van der Waals surface area (Å²) in [5, 5.41) is 1.03. The van der Waals surface area contributed by atoms with Gasteiger partial charge >= 0.3 is 0 Å². The number of fused-ring (bicyclic) bond motifs is 1. The van der Waals surface area contributed by atoms with Gasteiger partial charge in [0.15, 0.2) is 5.65 Å². The Hall–Kier alpha value is -1.35. The Morgan fingerprint density at radius 1 is 1.06 bits per heavy atom. The van der Waals surface area contributed by atoms with E-state index in [1.54, 1.807) is 6.20 Å². The molecule has 2 heterocycles. The second-order valence-electron chi connectivity index (χ2n) is 4.15. The normalized spacial score (nSPS) is 10.7. The summed E-state index contributed by atoms with van der Waals surface area (Å²) in [6.07, 6.45) is 6.18. The fraction of sp³-hybridized carbons (Fsp3) is 0.429. The lowest BCUT2D eigenvalue weighted by Gasteiger charge is -2.05. The van der Waals surface area contributed by atoms with Crippen LogP contribution < -0.4 is 4.74 Å². The maximum Gasteiger partial charge on any atom is 0.215 e. The second kappa shape index (κ2) is 7.17. The van der Waals surface area contributed by atoms with Crippen molar-refractivity contribution in [3.05, 3.63) is 30.5 Å². The molecule has 18 heavy (non-hydrogen) atoms. The number of nitrogens with zero attached hydrogens (tertiary/aromatic N) is 2. The number of hydrogen-bond donors (Lipinski definition) is 0. The molecule has 0 atom stereocenters. The van der Waals surface area contributed by atoms with Gasteiger partial charge in [0.25, 0.3) is 0 Å². The molecule has 0 unspecified atom stereocenters. The third-order valence-corrected chi connectivity index (χ3v) is 2.98. The third-order valence-electron chi connectivity index (χ3n) is 2.72. The molecule has 4 heteroatoms. The van der Waals surface area contributed by atoms with E-state index in [9.17, 15) is 0 Å². The highest BCUT2D eigenvalue weighted by atomic mass is 35.5. The zero-order chi connectivity index (χ0) is 12.6. The van der Waals surface area contributed by atoms with E-state index in [1.807, 2.05) is 24.3 Å². The largest absolute Gasteiger partial charge is 0.478 e. The van der Waals surface area contributed by atoms with Crippen molar-refractivity contribution in [1.82, 2.24) is 9.97 Å². The van der Waals surface area contributed by atoms with Crippen LogP contribution in [0, 0.1) is 0 Å². The molecule has 0 spiro atoms. The first-order chi connectivity index (χ1) is 8.90. The number of aromatic nitrogens is 2. The molecule has 0 aliphatic carbocycles. The highest BCUT2D eigenvalue weighted by Crippen LogP contribution is 2.14. The average molecular weight is 265 g/mol. The van der Waals surface area contributed by atoms with Crippen LogP contribution in [-0.4, -0.2) is 22.5 Å². The lowest BCUT2D eigenvalue weighted by molar-refractivity contribution is 0.295. The number of alkyl halides is 1. The van der Waals surface area contributed by atoms with Crippen molar-refractivity contribution in [3.8, 4) is 5.88 Å². The molecule has 0 aliphatic heterocycles. The minimum absolute atomic E-state index is 0.651. The highest BCUT2D eigenvalue weighted by molar-refractivity contribution is 6.17. The number of rotatable bonds is 7. The van der Waals surface area contributed by atoms with Crippen molar-refractivity contribution < 1.29 is 4.74 Å². The van der Waals surface area contributed by atoms with Crippen LogP contribution in [0.25, 0.3) is 11.0 Å². The van der Waals surface area contributed by atoms with E-state index >= 15 is 0 Å². The van der Waals surface area contributed by atoms with E-state index in [0.29, 0.717) is 12.5 Å². The van der Waals surface area contributed by atoms with E-state index < -0.39 is 0 Å². The molecule has 0 amide bonds. The monoisotopic (exact) mass is 264 g/mol. The van der Waals surface area contributed by atoms with Gasteiger partial charge in [-0.1, -0.05) is 12.8 Å². The maximum absolute atomic E-state index is 5.62. The quantitative estimate of drug-likeness (QED) is 0.563. The zero-order valence-corrected chi connectivity index (χ0v) is 11.1. The van der Waals surface area contributed by atoms with Crippen LogP contribution in [0.15, 0.2) is 30.5 Å². The standard InChI is InChI=1S/C14H17ClN2O/c15-9-3-1-2-4-11-18-13-8-7-12-6-5-10-16-14(12)17-13/h5-8,10H,1-4,9,11H2. The van der Waals surface area contributed by atoms with Gasteiger partial charge in [0, 0.05) is 23.5 Å². The average Bonchev–Trinajstić information content (AvgIpc) is 2.42. The zero-order valence-electron chi connectivity index (χ0n) is 10.3. The van der Waals surface area contributed by atoms with Gasteiger partial charge in [-0.25, -0.2) is 4.98 Å². The Morgan fingerprint density at radius 2 is 1.94 bits per heavy atom. The Labute approximate surface area is 112 Å². The van der Waals surface area contributed by atoms with Gasteiger partial charge in [-0.2, -0.15) is 4.98 Å². The molecule has 0 aliphatic rings. The number of halogens is 1. The summed E-state index contributed by atoms with van der Waals surface area (Å²) >= 11 is 5.62. The molecule has 0 saturated heterocycles. The van der Waals surface area contributed by atoms with Gasteiger partial charge in [0.2, 0.25) is 5.88 Å². The number of hydrogen-bond acceptors (Lipinski definition) is 3. The van der Waals surface area contributed by atoms with E-state index in [-0.39, 0.29) is 0 Å². The van der Waals surface area contributed by atoms with Crippen LogP contribution in [0.1, 0.15) is 25.7 Å². The summed E-state index contributed by atoms with van der Waals surface area (Å²) in [5.41, 5.74) is 0.733. The van der Waals surface area contributed by atoms with Crippen molar-refractivity contribution in [3.63, 3.8) is 0 Å². The molecule has 96 valence electrons. The summed E-state index contributed by atoms with van der Waals surface area (Å²) in [5.74, 6) is 1.40. The summed E-state index contributed by atoms with van der Waals surface area (Å²) in [6.45, 7) is 0.702. The molecule has 0 fully saturated rings. The van der Waals surface area contributed by atoms with Crippen LogP contribution in [0.4, 0.5) is 0 Å². The minimum atomic E-state index is 0.651. The van der Waals surface area contributed by atoms with Gasteiger partial charge in [0.05, 0.1) is 6.61 Å². The number of ether oxygens (including phenoxy) is 1. The third kappa shape index (κ3) is 3.84. The molecule has 0 saturated carbocycles. The number of pyridine rings is 2. The van der Waals surface area contributed by atoms with Gasteiger partial charge in [-0.15, -0.1) is 11.6 Å². The molecule has 0 aromatic carbocycles. The highest BCUT2D eigenvalue weighted by Gasteiger charge is 1.99. The Balaban J connectivity index is 1.81. The van der Waals surface area contributed by atoms with Gasteiger partial charge in [0.1, 0.15) is 0 Å².